The Labute approximate surface area is 129 Å². The first-order valence-electron chi connectivity index (χ1n) is 6.65. The fourth-order valence-corrected chi connectivity index (χ4v) is 2.53. The van der Waals surface area contributed by atoms with Crippen LogP contribution in [0.15, 0.2) is 35.5 Å². The lowest BCUT2D eigenvalue weighted by atomic mass is 10.0. The van der Waals surface area contributed by atoms with Crippen LogP contribution >= 0.6 is 0 Å². The van der Waals surface area contributed by atoms with Gasteiger partial charge in [-0.05, 0) is 13.8 Å². The van der Waals surface area contributed by atoms with Crippen molar-refractivity contribution in [3.05, 3.63) is 41.6 Å². The van der Waals surface area contributed by atoms with Crippen LogP contribution in [0.1, 0.15) is 23.0 Å². The lowest BCUT2D eigenvalue weighted by Gasteiger charge is -2.12. The number of hydrogen-bond acceptors (Lipinski definition) is 6. The summed E-state index contributed by atoms with van der Waals surface area (Å²) in [7, 11) is -3.58. The first kappa shape index (κ1) is 16.1. The molecule has 6 nitrogen and oxygen atoms in total. The molecular formula is C15H16N2O4S. The highest BCUT2D eigenvalue weighted by molar-refractivity contribution is 7.90. The van der Waals surface area contributed by atoms with Gasteiger partial charge in [-0.2, -0.15) is 0 Å². The molecule has 0 aliphatic rings. The Morgan fingerprint density at radius 1 is 1.18 bits per heavy atom. The fraction of sp³-hybridized carbons (Fsp3) is 0.267. The molecule has 0 N–H and O–H groups in total. The molecule has 2 aromatic rings. The minimum atomic E-state index is -3.58. The largest absolute Gasteiger partial charge is 0.462 e. The molecule has 0 bridgehead atoms. The quantitative estimate of drug-likeness (QED) is 0.633. The molecular weight excluding hydrogens is 304 g/mol. The summed E-state index contributed by atoms with van der Waals surface area (Å²) in [6.07, 6.45) is 1.03. The van der Waals surface area contributed by atoms with Crippen LogP contribution in [0.25, 0.3) is 11.3 Å². The topological polar surface area (TPSA) is 86.2 Å². The molecule has 7 heteroatoms. The van der Waals surface area contributed by atoms with Gasteiger partial charge in [0.2, 0.25) is 15.0 Å². The van der Waals surface area contributed by atoms with Crippen LogP contribution in [0.5, 0.6) is 0 Å². The molecule has 0 fully saturated rings. The summed E-state index contributed by atoms with van der Waals surface area (Å²) in [5, 5.41) is -0.308. The molecule has 0 aliphatic carbocycles. The van der Waals surface area contributed by atoms with Gasteiger partial charge in [-0.15, -0.1) is 0 Å². The van der Waals surface area contributed by atoms with Crippen LogP contribution in [-0.2, 0) is 14.6 Å². The van der Waals surface area contributed by atoms with Crippen molar-refractivity contribution in [3.63, 3.8) is 0 Å². The van der Waals surface area contributed by atoms with Gasteiger partial charge in [-0.1, -0.05) is 30.3 Å². The van der Waals surface area contributed by atoms with E-state index in [1.54, 1.807) is 38.1 Å². The van der Waals surface area contributed by atoms with Gasteiger partial charge in [0.1, 0.15) is 5.56 Å². The van der Waals surface area contributed by atoms with Crippen LogP contribution in [0.4, 0.5) is 0 Å². The monoisotopic (exact) mass is 320 g/mol. The molecule has 1 heterocycles. The number of aromatic nitrogens is 2. The van der Waals surface area contributed by atoms with Gasteiger partial charge in [0.15, 0.2) is 0 Å². The molecule has 116 valence electrons. The Morgan fingerprint density at radius 2 is 1.82 bits per heavy atom. The van der Waals surface area contributed by atoms with Gasteiger partial charge in [0, 0.05) is 11.8 Å². The summed E-state index contributed by atoms with van der Waals surface area (Å²) >= 11 is 0. The minimum Gasteiger partial charge on any atom is -0.462 e. The highest BCUT2D eigenvalue weighted by Gasteiger charge is 2.23. The second-order valence-electron chi connectivity index (χ2n) is 4.67. The Bertz CT molecular complexity index is 802. The van der Waals surface area contributed by atoms with E-state index < -0.39 is 15.8 Å². The van der Waals surface area contributed by atoms with Gasteiger partial charge >= 0.3 is 5.97 Å². The molecule has 0 saturated carbocycles. The number of nitrogens with zero attached hydrogens (tertiary/aromatic N) is 2. The number of esters is 1. The summed E-state index contributed by atoms with van der Waals surface area (Å²) in [6, 6.07) is 8.87. The number of aryl methyl sites for hydroxylation is 1. The molecule has 0 amide bonds. The van der Waals surface area contributed by atoms with Gasteiger partial charge in [-0.25, -0.2) is 23.2 Å². The van der Waals surface area contributed by atoms with Crippen molar-refractivity contribution in [3.8, 4) is 11.3 Å². The molecule has 0 unspecified atom stereocenters. The molecule has 22 heavy (non-hydrogen) atoms. The smallest absolute Gasteiger partial charge is 0.342 e. The first-order chi connectivity index (χ1) is 10.3. The van der Waals surface area contributed by atoms with Crippen molar-refractivity contribution >= 4 is 15.8 Å². The van der Waals surface area contributed by atoms with E-state index in [0.29, 0.717) is 5.56 Å². The van der Waals surface area contributed by atoms with Crippen molar-refractivity contribution in [2.75, 3.05) is 12.9 Å². The summed E-state index contributed by atoms with van der Waals surface area (Å²) in [6.45, 7) is 3.47. The predicted octanol–water partition coefficient (Wildman–Crippen LogP) is 2.03. The summed E-state index contributed by atoms with van der Waals surface area (Å²) in [4.78, 5) is 20.2. The van der Waals surface area contributed by atoms with E-state index >= 15 is 0 Å². The van der Waals surface area contributed by atoms with Crippen LogP contribution < -0.4 is 0 Å². The van der Waals surface area contributed by atoms with Crippen molar-refractivity contribution in [2.45, 2.75) is 19.0 Å². The predicted molar refractivity (Wildman–Crippen MR) is 81.3 cm³/mol. The average Bonchev–Trinajstić information content (AvgIpc) is 2.46. The van der Waals surface area contributed by atoms with E-state index in [1.807, 2.05) is 6.07 Å². The Kier molecular flexibility index (Phi) is 4.56. The van der Waals surface area contributed by atoms with E-state index in [2.05, 4.69) is 9.97 Å². The lowest BCUT2D eigenvalue weighted by Crippen LogP contribution is -2.15. The minimum absolute atomic E-state index is 0.181. The first-order valence-corrected chi connectivity index (χ1v) is 8.55. The number of sulfone groups is 1. The van der Waals surface area contributed by atoms with Gasteiger partial charge in [-0.3, -0.25) is 0 Å². The second kappa shape index (κ2) is 6.23. The van der Waals surface area contributed by atoms with Gasteiger partial charge in [0.25, 0.3) is 0 Å². The molecule has 0 atom stereocenters. The van der Waals surface area contributed by atoms with Crippen LogP contribution in [0.2, 0.25) is 0 Å². The third kappa shape index (κ3) is 3.30. The fourth-order valence-electron chi connectivity index (χ4n) is 1.97. The molecule has 0 spiro atoms. The molecule has 1 aromatic heterocycles. The Hall–Kier alpha value is -2.28. The maximum Gasteiger partial charge on any atom is 0.342 e. The second-order valence-corrected chi connectivity index (χ2v) is 6.58. The standard InChI is InChI=1S/C15H16N2O4S/c1-4-21-14(18)12-10(2)16-15(22(3,19)20)17-13(12)11-8-6-5-7-9-11/h5-9H,4H2,1-3H3. The molecule has 0 radical (unpaired) electrons. The summed E-state index contributed by atoms with van der Waals surface area (Å²) in [5.74, 6) is -0.570. The number of benzene rings is 1. The van der Waals surface area contributed by atoms with Crippen LogP contribution in [0, 0.1) is 6.92 Å². The molecule has 1 aromatic carbocycles. The van der Waals surface area contributed by atoms with Gasteiger partial charge in [0.05, 0.1) is 18.0 Å². The zero-order valence-corrected chi connectivity index (χ0v) is 13.3. The SMILES string of the molecule is CCOC(=O)c1c(C)nc(S(C)(=O)=O)nc1-c1ccccc1. The zero-order chi connectivity index (χ0) is 16.3. The maximum absolute atomic E-state index is 12.2. The van der Waals surface area contributed by atoms with Gasteiger partial charge < -0.3 is 4.74 Å². The highest BCUT2D eigenvalue weighted by Crippen LogP contribution is 2.25. The third-order valence-electron chi connectivity index (χ3n) is 2.93. The Morgan fingerprint density at radius 3 is 2.36 bits per heavy atom. The number of hydrogen-bond donors (Lipinski definition) is 0. The number of carbonyl (C=O) groups excluding carboxylic acids is 1. The zero-order valence-electron chi connectivity index (χ0n) is 12.5. The van der Waals surface area contributed by atoms with Crippen molar-refractivity contribution in [1.82, 2.24) is 9.97 Å². The number of rotatable bonds is 4. The molecule has 2 rings (SSSR count). The van der Waals surface area contributed by atoms with E-state index in [4.69, 9.17) is 4.74 Å². The highest BCUT2D eigenvalue weighted by atomic mass is 32.2. The van der Waals surface area contributed by atoms with Crippen molar-refractivity contribution in [1.29, 1.82) is 0 Å². The lowest BCUT2D eigenvalue weighted by molar-refractivity contribution is 0.0525. The van der Waals surface area contributed by atoms with E-state index in [-0.39, 0.29) is 28.7 Å². The van der Waals surface area contributed by atoms with Crippen LogP contribution in [0.3, 0.4) is 0 Å². The van der Waals surface area contributed by atoms with Crippen LogP contribution in [-0.4, -0.2) is 37.2 Å². The summed E-state index contributed by atoms with van der Waals surface area (Å²) < 4.78 is 28.5. The number of carbonyl (C=O) groups is 1. The molecule has 0 aliphatic heterocycles. The number of ether oxygens (including phenoxy) is 1. The van der Waals surface area contributed by atoms with Crippen molar-refractivity contribution < 1.29 is 17.9 Å². The van der Waals surface area contributed by atoms with E-state index in [0.717, 1.165) is 6.26 Å². The Balaban J connectivity index is 2.75. The maximum atomic E-state index is 12.2. The normalized spacial score (nSPS) is 11.2. The summed E-state index contributed by atoms with van der Waals surface area (Å²) in [5.41, 5.74) is 1.33. The molecule has 0 saturated heterocycles. The van der Waals surface area contributed by atoms with E-state index in [9.17, 15) is 13.2 Å². The van der Waals surface area contributed by atoms with Crippen molar-refractivity contribution in [2.24, 2.45) is 0 Å². The average molecular weight is 320 g/mol. The third-order valence-corrected chi connectivity index (χ3v) is 3.77. The van der Waals surface area contributed by atoms with E-state index in [1.165, 1.54) is 0 Å².